The molecule has 4 rings (SSSR count). The summed E-state index contributed by atoms with van der Waals surface area (Å²) in [6, 6.07) is 12.2. The number of carbonyl (C=O) groups is 1. The summed E-state index contributed by atoms with van der Waals surface area (Å²) >= 11 is 0. The van der Waals surface area contributed by atoms with Crippen molar-refractivity contribution in [2.75, 3.05) is 49.1 Å². The van der Waals surface area contributed by atoms with Crippen LogP contribution in [0.25, 0.3) is 0 Å². The van der Waals surface area contributed by atoms with E-state index in [9.17, 15) is 4.79 Å². The molecule has 0 unspecified atom stereocenters. The fourth-order valence-electron chi connectivity index (χ4n) is 3.69. The third-order valence-corrected chi connectivity index (χ3v) is 5.14. The number of anilines is 2. The van der Waals surface area contributed by atoms with Gasteiger partial charge in [0.15, 0.2) is 0 Å². The first-order chi connectivity index (χ1) is 12.7. The highest BCUT2D eigenvalue weighted by atomic mass is 16.2. The van der Waals surface area contributed by atoms with E-state index in [0.717, 1.165) is 45.0 Å². The number of aryl methyl sites for hydroxylation is 1. The molecule has 0 saturated carbocycles. The van der Waals surface area contributed by atoms with Crippen LogP contribution in [0, 0.1) is 6.92 Å². The summed E-state index contributed by atoms with van der Waals surface area (Å²) in [5, 5.41) is 0. The zero-order valence-electron chi connectivity index (χ0n) is 15.3. The monoisotopic (exact) mass is 351 g/mol. The Bertz CT molecular complexity index is 765. The van der Waals surface area contributed by atoms with Gasteiger partial charge in [-0.25, -0.2) is 9.97 Å². The lowest BCUT2D eigenvalue weighted by molar-refractivity contribution is 0.0740. The summed E-state index contributed by atoms with van der Waals surface area (Å²) in [5.74, 6) is 0.720. The van der Waals surface area contributed by atoms with Gasteiger partial charge in [0, 0.05) is 50.6 Å². The van der Waals surface area contributed by atoms with E-state index in [0.29, 0.717) is 11.6 Å². The Morgan fingerprint density at radius 2 is 1.58 bits per heavy atom. The molecule has 1 amide bonds. The topological polar surface area (TPSA) is 52.6 Å². The fourth-order valence-corrected chi connectivity index (χ4v) is 3.69. The predicted molar refractivity (Wildman–Crippen MR) is 103 cm³/mol. The second-order valence-electron chi connectivity index (χ2n) is 7.00. The molecule has 0 spiro atoms. The molecule has 3 heterocycles. The number of carbonyl (C=O) groups excluding carboxylic acids is 1. The van der Waals surface area contributed by atoms with Crippen LogP contribution >= 0.6 is 0 Å². The maximum Gasteiger partial charge on any atom is 0.272 e. The molecule has 136 valence electrons. The van der Waals surface area contributed by atoms with Gasteiger partial charge in [0.2, 0.25) is 5.95 Å². The first-order valence-electron chi connectivity index (χ1n) is 9.40. The van der Waals surface area contributed by atoms with Crippen LogP contribution in [0.1, 0.15) is 29.0 Å². The lowest BCUT2D eigenvalue weighted by Crippen LogP contribution is -2.49. The smallest absolute Gasteiger partial charge is 0.272 e. The summed E-state index contributed by atoms with van der Waals surface area (Å²) in [5.41, 5.74) is 2.59. The van der Waals surface area contributed by atoms with Crippen molar-refractivity contribution in [3.8, 4) is 0 Å². The van der Waals surface area contributed by atoms with Gasteiger partial charge in [-0.1, -0.05) is 18.2 Å². The minimum absolute atomic E-state index is 0.0173. The molecule has 6 heteroatoms. The van der Waals surface area contributed by atoms with Gasteiger partial charge >= 0.3 is 0 Å². The van der Waals surface area contributed by atoms with Crippen molar-refractivity contribution in [2.45, 2.75) is 19.8 Å². The third-order valence-electron chi connectivity index (χ3n) is 5.14. The maximum atomic E-state index is 13.0. The van der Waals surface area contributed by atoms with Crippen LogP contribution in [0.2, 0.25) is 0 Å². The first kappa shape index (κ1) is 16.8. The molecule has 0 radical (unpaired) electrons. The van der Waals surface area contributed by atoms with E-state index >= 15 is 0 Å². The van der Waals surface area contributed by atoms with E-state index in [2.05, 4.69) is 44.0 Å². The predicted octanol–water partition coefficient (Wildman–Crippen LogP) is 2.35. The zero-order valence-corrected chi connectivity index (χ0v) is 15.3. The molecule has 0 bridgehead atoms. The fraction of sp³-hybridized carbons (Fsp3) is 0.450. The van der Waals surface area contributed by atoms with Crippen LogP contribution in [0.3, 0.4) is 0 Å². The minimum Gasteiger partial charge on any atom is -0.368 e. The van der Waals surface area contributed by atoms with E-state index < -0.39 is 0 Å². The van der Waals surface area contributed by atoms with Gasteiger partial charge in [-0.15, -0.1) is 0 Å². The number of hydrogen-bond acceptors (Lipinski definition) is 5. The lowest BCUT2D eigenvalue weighted by atomic mass is 10.2. The van der Waals surface area contributed by atoms with Crippen molar-refractivity contribution in [1.82, 2.24) is 14.9 Å². The average molecular weight is 351 g/mol. The quantitative estimate of drug-likeness (QED) is 0.850. The minimum atomic E-state index is 0.0173. The molecule has 0 N–H and O–H groups in total. The van der Waals surface area contributed by atoms with Crippen LogP contribution < -0.4 is 9.80 Å². The molecule has 1 aromatic carbocycles. The third kappa shape index (κ3) is 3.49. The molecule has 0 aliphatic carbocycles. The Hall–Kier alpha value is -2.63. The normalized spacial score (nSPS) is 17.7. The molecule has 1 aromatic heterocycles. The van der Waals surface area contributed by atoms with Crippen molar-refractivity contribution in [1.29, 1.82) is 0 Å². The Kier molecular flexibility index (Phi) is 4.73. The summed E-state index contributed by atoms with van der Waals surface area (Å²) < 4.78 is 0. The summed E-state index contributed by atoms with van der Waals surface area (Å²) in [6.07, 6.45) is 2.34. The lowest BCUT2D eigenvalue weighted by Gasteiger charge is -2.36. The number of nitrogens with zero attached hydrogens (tertiary/aromatic N) is 5. The van der Waals surface area contributed by atoms with Crippen LogP contribution in [-0.2, 0) is 0 Å². The number of amides is 1. The van der Waals surface area contributed by atoms with Crippen LogP contribution in [0.5, 0.6) is 0 Å². The van der Waals surface area contributed by atoms with Gasteiger partial charge in [0.1, 0.15) is 5.69 Å². The molecule has 2 aliphatic rings. The molecule has 2 aliphatic heterocycles. The molecular formula is C20H25N5O. The highest BCUT2D eigenvalue weighted by molar-refractivity contribution is 5.93. The summed E-state index contributed by atoms with van der Waals surface area (Å²) in [6.45, 7) is 7.02. The van der Waals surface area contributed by atoms with Crippen LogP contribution in [0.4, 0.5) is 11.6 Å². The Morgan fingerprint density at radius 3 is 2.27 bits per heavy atom. The molecule has 0 atom stereocenters. The Labute approximate surface area is 154 Å². The number of para-hydroxylation sites is 1. The molecule has 2 saturated heterocycles. The Morgan fingerprint density at radius 1 is 0.885 bits per heavy atom. The second kappa shape index (κ2) is 7.32. The SMILES string of the molecule is Cc1cc(C(=O)N2CCN(c3ccccc3)CC2)nc(N2CCCC2)n1. The summed E-state index contributed by atoms with van der Waals surface area (Å²) in [4.78, 5) is 28.5. The largest absolute Gasteiger partial charge is 0.368 e. The maximum absolute atomic E-state index is 13.0. The van der Waals surface area contributed by atoms with Crippen molar-refractivity contribution < 1.29 is 4.79 Å². The highest BCUT2D eigenvalue weighted by Crippen LogP contribution is 2.19. The van der Waals surface area contributed by atoms with Gasteiger partial charge in [-0.3, -0.25) is 4.79 Å². The van der Waals surface area contributed by atoms with Gasteiger partial charge in [0.25, 0.3) is 5.91 Å². The van der Waals surface area contributed by atoms with Crippen molar-refractivity contribution in [2.24, 2.45) is 0 Å². The Balaban J connectivity index is 1.45. The molecule has 2 fully saturated rings. The standard InChI is InChI=1S/C20H25N5O/c1-16-15-18(22-20(21-16)25-9-5-6-10-25)19(26)24-13-11-23(12-14-24)17-7-3-2-4-8-17/h2-4,7-8,15H,5-6,9-14H2,1H3. The number of rotatable bonds is 3. The average Bonchev–Trinajstić information content (AvgIpc) is 3.23. The zero-order chi connectivity index (χ0) is 17.9. The highest BCUT2D eigenvalue weighted by Gasteiger charge is 2.25. The molecule has 6 nitrogen and oxygen atoms in total. The number of hydrogen-bond donors (Lipinski definition) is 0. The van der Waals surface area contributed by atoms with Gasteiger partial charge < -0.3 is 14.7 Å². The van der Waals surface area contributed by atoms with Crippen molar-refractivity contribution in [3.63, 3.8) is 0 Å². The molecular weight excluding hydrogens is 326 g/mol. The van der Waals surface area contributed by atoms with E-state index in [4.69, 9.17) is 0 Å². The van der Waals surface area contributed by atoms with Gasteiger partial charge in [0.05, 0.1) is 0 Å². The first-order valence-corrected chi connectivity index (χ1v) is 9.40. The van der Waals surface area contributed by atoms with E-state index in [1.165, 1.54) is 18.5 Å². The summed E-state index contributed by atoms with van der Waals surface area (Å²) in [7, 11) is 0. The number of piperazine rings is 1. The molecule has 26 heavy (non-hydrogen) atoms. The van der Waals surface area contributed by atoms with Crippen LogP contribution in [-0.4, -0.2) is 60.0 Å². The van der Waals surface area contributed by atoms with Crippen molar-refractivity contribution >= 4 is 17.5 Å². The van der Waals surface area contributed by atoms with Crippen LogP contribution in [0.15, 0.2) is 36.4 Å². The van der Waals surface area contributed by atoms with Gasteiger partial charge in [-0.2, -0.15) is 0 Å². The van der Waals surface area contributed by atoms with Gasteiger partial charge in [-0.05, 0) is 38.0 Å². The number of benzene rings is 1. The van der Waals surface area contributed by atoms with Crippen molar-refractivity contribution in [3.05, 3.63) is 47.8 Å². The second-order valence-corrected chi connectivity index (χ2v) is 7.00. The van der Waals surface area contributed by atoms with E-state index in [-0.39, 0.29) is 5.91 Å². The van der Waals surface area contributed by atoms with E-state index in [1.807, 2.05) is 24.0 Å². The van der Waals surface area contributed by atoms with E-state index in [1.54, 1.807) is 0 Å². The molecule has 2 aromatic rings. The number of aromatic nitrogens is 2.